The van der Waals surface area contributed by atoms with E-state index in [0.29, 0.717) is 8.04 Å². The zero-order chi connectivity index (χ0) is 10.1. The lowest BCUT2D eigenvalue weighted by atomic mass is 10.3. The van der Waals surface area contributed by atoms with Gasteiger partial charge in [0.05, 0.1) is 3.57 Å². The summed E-state index contributed by atoms with van der Waals surface area (Å²) in [7, 11) is 0. The summed E-state index contributed by atoms with van der Waals surface area (Å²) in [6.07, 6.45) is -4.63. The van der Waals surface area contributed by atoms with E-state index in [0.717, 1.165) is 0 Å². The summed E-state index contributed by atoms with van der Waals surface area (Å²) in [5, 5.41) is 0. The molecule has 0 radical (unpaired) electrons. The predicted molar refractivity (Wildman–Crippen MR) is 53.5 cm³/mol. The summed E-state index contributed by atoms with van der Waals surface area (Å²) in [5.74, 6) is -0.184. The quantitative estimate of drug-likeness (QED) is 0.684. The molecule has 0 aliphatic heterocycles. The molecule has 0 amide bonds. The maximum atomic E-state index is 11.8. The highest BCUT2D eigenvalue weighted by molar-refractivity contribution is 14.1. The molecule has 1 nitrogen and oxygen atoms in total. The van der Waals surface area contributed by atoms with Gasteiger partial charge in [0.2, 0.25) is 0 Å². The first kappa shape index (κ1) is 11.1. The van der Waals surface area contributed by atoms with Crippen molar-refractivity contribution in [3.8, 4) is 5.75 Å². The first-order valence-electron chi connectivity index (χ1n) is 3.09. The topological polar surface area (TPSA) is 9.23 Å². The smallest absolute Gasteiger partial charge is 0.405 e. The Bertz CT molecular complexity index is 313. The van der Waals surface area contributed by atoms with Crippen LogP contribution in [0.15, 0.2) is 22.7 Å². The molecular formula is C7H3BrF3IO. The zero-order valence-corrected chi connectivity index (χ0v) is 9.77. The van der Waals surface area contributed by atoms with E-state index < -0.39 is 6.36 Å². The van der Waals surface area contributed by atoms with Crippen molar-refractivity contribution >= 4 is 38.5 Å². The Kier molecular flexibility index (Phi) is 3.44. The number of hydrogen-bond acceptors (Lipinski definition) is 1. The van der Waals surface area contributed by atoms with Crippen molar-refractivity contribution in [1.82, 2.24) is 0 Å². The third-order valence-electron chi connectivity index (χ3n) is 1.12. The largest absolute Gasteiger partial charge is 0.573 e. The Hall–Kier alpha value is 0.0200. The fraction of sp³-hybridized carbons (Fsp3) is 0.143. The van der Waals surface area contributed by atoms with Gasteiger partial charge in [0.25, 0.3) is 0 Å². The summed E-state index contributed by atoms with van der Waals surface area (Å²) in [6.45, 7) is 0. The van der Waals surface area contributed by atoms with E-state index in [1.807, 2.05) is 0 Å². The molecule has 0 fully saturated rings. The van der Waals surface area contributed by atoms with Crippen LogP contribution in [0.5, 0.6) is 5.75 Å². The van der Waals surface area contributed by atoms with E-state index in [4.69, 9.17) is 0 Å². The molecule has 0 N–H and O–H groups in total. The van der Waals surface area contributed by atoms with Crippen molar-refractivity contribution in [2.75, 3.05) is 0 Å². The van der Waals surface area contributed by atoms with Crippen molar-refractivity contribution < 1.29 is 17.9 Å². The molecule has 6 heteroatoms. The fourth-order valence-electron chi connectivity index (χ4n) is 0.683. The van der Waals surface area contributed by atoms with Crippen LogP contribution in [0.3, 0.4) is 0 Å². The van der Waals surface area contributed by atoms with Gasteiger partial charge in [-0.05, 0) is 40.8 Å². The summed E-state index contributed by atoms with van der Waals surface area (Å²) < 4.78 is 40.2. The van der Waals surface area contributed by atoms with Crippen LogP contribution in [-0.2, 0) is 0 Å². The summed E-state index contributed by atoms with van der Waals surface area (Å²) in [5.41, 5.74) is 0. The third kappa shape index (κ3) is 3.72. The molecule has 0 bridgehead atoms. The minimum absolute atomic E-state index is 0.184. The zero-order valence-electron chi connectivity index (χ0n) is 6.03. The summed E-state index contributed by atoms with van der Waals surface area (Å²) >= 11 is 4.91. The molecule has 0 saturated carbocycles. The lowest BCUT2D eigenvalue weighted by Crippen LogP contribution is -2.17. The number of benzene rings is 1. The second-order valence-corrected chi connectivity index (χ2v) is 4.20. The van der Waals surface area contributed by atoms with Gasteiger partial charge in [0, 0.05) is 4.47 Å². The maximum Gasteiger partial charge on any atom is 0.573 e. The number of ether oxygens (including phenoxy) is 1. The highest BCUT2D eigenvalue weighted by Crippen LogP contribution is 2.29. The Balaban J connectivity index is 2.90. The molecule has 1 aromatic rings. The van der Waals surface area contributed by atoms with E-state index in [2.05, 4.69) is 20.7 Å². The van der Waals surface area contributed by atoms with Gasteiger partial charge in [-0.25, -0.2) is 0 Å². The molecule has 0 saturated heterocycles. The molecule has 0 aromatic heterocycles. The molecule has 13 heavy (non-hydrogen) atoms. The standard InChI is InChI=1S/C7H3BrF3IO/c8-4-1-2-6(5(12)3-4)13-7(9,10)11/h1-3H. The average molecular weight is 367 g/mol. The van der Waals surface area contributed by atoms with Crippen LogP contribution in [0.2, 0.25) is 0 Å². The van der Waals surface area contributed by atoms with E-state index in [9.17, 15) is 13.2 Å². The second-order valence-electron chi connectivity index (χ2n) is 2.12. The SMILES string of the molecule is FC(F)(F)Oc1ccc(Br)cc1I. The molecule has 0 aliphatic carbocycles. The molecule has 1 rings (SSSR count). The summed E-state index contributed by atoms with van der Waals surface area (Å²) in [4.78, 5) is 0. The van der Waals surface area contributed by atoms with Crippen LogP contribution in [0, 0.1) is 3.57 Å². The monoisotopic (exact) mass is 366 g/mol. The molecule has 0 heterocycles. The highest BCUT2D eigenvalue weighted by Gasteiger charge is 2.31. The number of hydrogen-bond donors (Lipinski definition) is 0. The van der Waals surface area contributed by atoms with Gasteiger partial charge in [-0.2, -0.15) is 0 Å². The van der Waals surface area contributed by atoms with Crippen LogP contribution in [0.4, 0.5) is 13.2 Å². The van der Waals surface area contributed by atoms with Crippen molar-refractivity contribution in [1.29, 1.82) is 0 Å². The van der Waals surface area contributed by atoms with Crippen molar-refractivity contribution in [3.63, 3.8) is 0 Å². The molecule has 0 unspecified atom stereocenters. The number of halogens is 5. The van der Waals surface area contributed by atoms with Gasteiger partial charge >= 0.3 is 6.36 Å². The molecule has 0 aliphatic rings. The van der Waals surface area contributed by atoms with Gasteiger partial charge in [0.1, 0.15) is 5.75 Å². The van der Waals surface area contributed by atoms with Crippen molar-refractivity contribution in [3.05, 3.63) is 26.2 Å². The number of rotatable bonds is 1. The average Bonchev–Trinajstić information content (AvgIpc) is 1.93. The van der Waals surface area contributed by atoms with E-state index in [-0.39, 0.29) is 5.75 Å². The van der Waals surface area contributed by atoms with Crippen LogP contribution >= 0.6 is 38.5 Å². The Labute approximate surface area is 94.5 Å². The van der Waals surface area contributed by atoms with Gasteiger partial charge in [0.15, 0.2) is 0 Å². The van der Waals surface area contributed by atoms with Gasteiger partial charge in [-0.3, -0.25) is 0 Å². The second kappa shape index (κ2) is 4.04. The summed E-state index contributed by atoms with van der Waals surface area (Å²) in [6, 6.07) is 4.30. The lowest BCUT2D eigenvalue weighted by Gasteiger charge is -2.10. The van der Waals surface area contributed by atoms with Gasteiger partial charge in [-0.1, -0.05) is 15.9 Å². The first-order chi connectivity index (χ1) is 5.88. The predicted octanol–water partition coefficient (Wildman–Crippen LogP) is 3.95. The Morgan fingerprint density at radius 1 is 1.31 bits per heavy atom. The fourth-order valence-corrected chi connectivity index (χ4v) is 2.10. The van der Waals surface area contributed by atoms with Crippen LogP contribution in [0.1, 0.15) is 0 Å². The van der Waals surface area contributed by atoms with Crippen molar-refractivity contribution in [2.24, 2.45) is 0 Å². The molecule has 1 aromatic carbocycles. The van der Waals surface area contributed by atoms with Crippen LogP contribution in [0.25, 0.3) is 0 Å². The van der Waals surface area contributed by atoms with Gasteiger partial charge in [-0.15, -0.1) is 13.2 Å². The van der Waals surface area contributed by atoms with Gasteiger partial charge < -0.3 is 4.74 Å². The van der Waals surface area contributed by atoms with E-state index in [1.165, 1.54) is 12.1 Å². The highest BCUT2D eigenvalue weighted by atomic mass is 127. The molecule has 0 spiro atoms. The van der Waals surface area contributed by atoms with Crippen LogP contribution < -0.4 is 4.74 Å². The van der Waals surface area contributed by atoms with Crippen molar-refractivity contribution in [2.45, 2.75) is 6.36 Å². The number of alkyl halides is 3. The molecule has 72 valence electrons. The normalized spacial score (nSPS) is 11.5. The minimum atomic E-state index is -4.63. The molecule has 0 atom stereocenters. The van der Waals surface area contributed by atoms with E-state index in [1.54, 1.807) is 28.7 Å². The molecular weight excluding hydrogens is 364 g/mol. The minimum Gasteiger partial charge on any atom is -0.405 e. The maximum absolute atomic E-state index is 11.8. The first-order valence-corrected chi connectivity index (χ1v) is 4.96. The van der Waals surface area contributed by atoms with Crippen LogP contribution in [-0.4, -0.2) is 6.36 Å². The Morgan fingerprint density at radius 2 is 1.92 bits per heavy atom. The lowest BCUT2D eigenvalue weighted by molar-refractivity contribution is -0.274. The Morgan fingerprint density at radius 3 is 2.38 bits per heavy atom. The third-order valence-corrected chi connectivity index (χ3v) is 2.46. The van der Waals surface area contributed by atoms with E-state index >= 15 is 0 Å².